The Morgan fingerprint density at radius 3 is 2.71 bits per heavy atom. The second-order valence-electron chi connectivity index (χ2n) is 5.25. The van der Waals surface area contributed by atoms with E-state index in [4.69, 9.17) is 5.11 Å². The molecular formula is C12H20N2O3. The highest BCUT2D eigenvalue weighted by atomic mass is 16.4. The smallest absolute Gasteiger partial charge is 0.306 e. The Labute approximate surface area is 101 Å². The standard InChI is InChI=1S/C12H20N2O3/c1-8(12(16)17)10-6-14(7-10)11(15)4-9-2-3-13-5-9/h8-10,13H,2-7H2,1H3,(H,16,17). The molecule has 5 heteroatoms. The predicted molar refractivity (Wildman–Crippen MR) is 62.5 cm³/mol. The summed E-state index contributed by atoms with van der Waals surface area (Å²) >= 11 is 0. The maximum atomic E-state index is 11.9. The first-order chi connectivity index (χ1) is 8.08. The summed E-state index contributed by atoms with van der Waals surface area (Å²) in [7, 11) is 0. The van der Waals surface area contributed by atoms with E-state index in [0.29, 0.717) is 25.4 Å². The number of carbonyl (C=O) groups is 2. The third kappa shape index (κ3) is 2.77. The van der Waals surface area contributed by atoms with Gasteiger partial charge < -0.3 is 15.3 Å². The Bertz CT molecular complexity index is 307. The average molecular weight is 240 g/mol. The fourth-order valence-corrected chi connectivity index (χ4v) is 2.50. The van der Waals surface area contributed by atoms with Crippen LogP contribution in [0.25, 0.3) is 0 Å². The Kier molecular flexibility index (Phi) is 3.66. The molecule has 2 atom stereocenters. The summed E-state index contributed by atoms with van der Waals surface area (Å²) in [4.78, 5) is 24.4. The average Bonchev–Trinajstić information content (AvgIpc) is 2.67. The normalized spacial score (nSPS) is 26.6. The summed E-state index contributed by atoms with van der Waals surface area (Å²) in [5.41, 5.74) is 0. The van der Waals surface area contributed by atoms with E-state index >= 15 is 0 Å². The lowest BCUT2D eigenvalue weighted by Gasteiger charge is -2.41. The highest BCUT2D eigenvalue weighted by Gasteiger charge is 2.37. The van der Waals surface area contributed by atoms with E-state index in [1.165, 1.54) is 0 Å². The fraction of sp³-hybridized carbons (Fsp3) is 0.833. The Balaban J connectivity index is 1.71. The van der Waals surface area contributed by atoms with Crippen LogP contribution in [0.5, 0.6) is 0 Å². The van der Waals surface area contributed by atoms with Crippen molar-refractivity contribution in [2.75, 3.05) is 26.2 Å². The van der Waals surface area contributed by atoms with E-state index in [1.807, 2.05) is 0 Å². The second-order valence-corrected chi connectivity index (χ2v) is 5.25. The Morgan fingerprint density at radius 1 is 1.47 bits per heavy atom. The van der Waals surface area contributed by atoms with Crippen LogP contribution in [-0.2, 0) is 9.59 Å². The first-order valence-corrected chi connectivity index (χ1v) is 6.29. The molecule has 0 spiro atoms. The quantitative estimate of drug-likeness (QED) is 0.734. The van der Waals surface area contributed by atoms with Gasteiger partial charge in [0.2, 0.25) is 5.91 Å². The van der Waals surface area contributed by atoms with Crippen molar-refractivity contribution in [1.82, 2.24) is 10.2 Å². The molecule has 2 N–H and O–H groups in total. The number of amides is 1. The molecule has 1 amide bonds. The second kappa shape index (κ2) is 5.04. The molecule has 2 heterocycles. The molecule has 2 unspecified atom stereocenters. The van der Waals surface area contributed by atoms with Crippen molar-refractivity contribution in [2.45, 2.75) is 19.8 Å². The number of likely N-dealkylation sites (tertiary alicyclic amines) is 1. The van der Waals surface area contributed by atoms with E-state index < -0.39 is 5.97 Å². The van der Waals surface area contributed by atoms with Gasteiger partial charge in [-0.1, -0.05) is 6.92 Å². The van der Waals surface area contributed by atoms with Crippen molar-refractivity contribution in [3.05, 3.63) is 0 Å². The summed E-state index contributed by atoms with van der Waals surface area (Å²) in [6.45, 7) is 4.90. The number of hydrogen-bond acceptors (Lipinski definition) is 3. The number of hydrogen-bond donors (Lipinski definition) is 2. The van der Waals surface area contributed by atoms with Crippen LogP contribution in [0.4, 0.5) is 0 Å². The van der Waals surface area contributed by atoms with Crippen LogP contribution in [0, 0.1) is 17.8 Å². The van der Waals surface area contributed by atoms with Gasteiger partial charge in [-0.05, 0) is 25.4 Å². The number of carboxylic acid groups (broad SMARTS) is 1. The van der Waals surface area contributed by atoms with Gasteiger partial charge in [0.05, 0.1) is 5.92 Å². The molecule has 0 saturated carbocycles. The van der Waals surface area contributed by atoms with Crippen LogP contribution in [-0.4, -0.2) is 48.1 Å². The van der Waals surface area contributed by atoms with Crippen LogP contribution in [0.2, 0.25) is 0 Å². The van der Waals surface area contributed by atoms with Crippen LogP contribution in [0.15, 0.2) is 0 Å². The molecule has 0 aliphatic carbocycles. The third-order valence-electron chi connectivity index (χ3n) is 3.98. The van der Waals surface area contributed by atoms with Gasteiger partial charge >= 0.3 is 5.97 Å². The fourth-order valence-electron chi connectivity index (χ4n) is 2.50. The van der Waals surface area contributed by atoms with Gasteiger partial charge in [0.25, 0.3) is 0 Å². The first kappa shape index (κ1) is 12.4. The molecule has 17 heavy (non-hydrogen) atoms. The molecule has 0 aromatic heterocycles. The summed E-state index contributed by atoms with van der Waals surface area (Å²) in [5.74, 6) is -0.307. The van der Waals surface area contributed by atoms with Crippen LogP contribution >= 0.6 is 0 Å². The number of rotatable bonds is 4. The number of aliphatic carboxylic acids is 1. The van der Waals surface area contributed by atoms with Crippen molar-refractivity contribution in [3.63, 3.8) is 0 Å². The van der Waals surface area contributed by atoms with Gasteiger partial charge in [0.15, 0.2) is 0 Å². The minimum Gasteiger partial charge on any atom is -0.481 e. The molecule has 0 bridgehead atoms. The molecule has 2 aliphatic heterocycles. The molecule has 2 fully saturated rings. The minimum absolute atomic E-state index is 0.137. The van der Waals surface area contributed by atoms with Crippen molar-refractivity contribution in [1.29, 1.82) is 0 Å². The zero-order valence-electron chi connectivity index (χ0n) is 10.2. The highest BCUT2D eigenvalue weighted by molar-refractivity contribution is 5.78. The van der Waals surface area contributed by atoms with Gasteiger partial charge in [-0.3, -0.25) is 9.59 Å². The molecule has 96 valence electrons. The van der Waals surface area contributed by atoms with E-state index in [0.717, 1.165) is 19.5 Å². The van der Waals surface area contributed by atoms with Gasteiger partial charge in [0, 0.05) is 25.4 Å². The minimum atomic E-state index is -0.762. The Hall–Kier alpha value is -1.10. The molecular weight excluding hydrogens is 220 g/mol. The maximum absolute atomic E-state index is 11.9. The van der Waals surface area contributed by atoms with E-state index in [2.05, 4.69) is 5.32 Å². The largest absolute Gasteiger partial charge is 0.481 e. The van der Waals surface area contributed by atoms with E-state index in [1.54, 1.807) is 11.8 Å². The SMILES string of the molecule is CC(C(=O)O)C1CN(C(=O)CC2CCNC2)C1. The van der Waals surface area contributed by atoms with Crippen LogP contribution in [0.1, 0.15) is 19.8 Å². The summed E-state index contributed by atoms with van der Waals surface area (Å²) < 4.78 is 0. The molecule has 0 aromatic carbocycles. The lowest BCUT2D eigenvalue weighted by molar-refractivity contribution is -0.150. The van der Waals surface area contributed by atoms with Gasteiger partial charge in [-0.15, -0.1) is 0 Å². The maximum Gasteiger partial charge on any atom is 0.306 e. The van der Waals surface area contributed by atoms with E-state index in [-0.39, 0.29) is 17.7 Å². The van der Waals surface area contributed by atoms with Crippen LogP contribution in [0.3, 0.4) is 0 Å². The number of carbonyl (C=O) groups excluding carboxylic acids is 1. The summed E-state index contributed by atoms with van der Waals surface area (Å²) in [6.07, 6.45) is 1.69. The van der Waals surface area contributed by atoms with Gasteiger partial charge in [0.1, 0.15) is 0 Å². The number of nitrogens with one attached hydrogen (secondary N) is 1. The van der Waals surface area contributed by atoms with Crippen molar-refractivity contribution >= 4 is 11.9 Å². The zero-order valence-corrected chi connectivity index (χ0v) is 10.2. The molecule has 2 rings (SSSR count). The number of carboxylic acids is 1. The highest BCUT2D eigenvalue weighted by Crippen LogP contribution is 2.26. The van der Waals surface area contributed by atoms with Gasteiger partial charge in [-0.2, -0.15) is 0 Å². The van der Waals surface area contributed by atoms with E-state index in [9.17, 15) is 9.59 Å². The number of nitrogens with zero attached hydrogens (tertiary/aromatic N) is 1. The molecule has 5 nitrogen and oxygen atoms in total. The lowest BCUT2D eigenvalue weighted by atomic mass is 9.86. The lowest BCUT2D eigenvalue weighted by Crippen LogP contribution is -2.53. The van der Waals surface area contributed by atoms with Crippen LogP contribution < -0.4 is 5.32 Å². The predicted octanol–water partition coefficient (Wildman–Crippen LogP) is 0.165. The summed E-state index contributed by atoms with van der Waals surface area (Å²) in [5, 5.41) is 12.1. The zero-order chi connectivity index (χ0) is 12.4. The third-order valence-corrected chi connectivity index (χ3v) is 3.98. The monoisotopic (exact) mass is 240 g/mol. The topological polar surface area (TPSA) is 69.6 Å². The van der Waals surface area contributed by atoms with Crippen molar-refractivity contribution in [2.24, 2.45) is 17.8 Å². The first-order valence-electron chi connectivity index (χ1n) is 6.29. The van der Waals surface area contributed by atoms with Gasteiger partial charge in [-0.25, -0.2) is 0 Å². The van der Waals surface area contributed by atoms with Crippen molar-refractivity contribution < 1.29 is 14.7 Å². The molecule has 2 saturated heterocycles. The molecule has 2 aliphatic rings. The molecule has 0 radical (unpaired) electrons. The molecule has 0 aromatic rings. The van der Waals surface area contributed by atoms with Crippen molar-refractivity contribution in [3.8, 4) is 0 Å². The Morgan fingerprint density at radius 2 is 2.18 bits per heavy atom. The summed E-state index contributed by atoms with van der Waals surface area (Å²) in [6, 6.07) is 0.